The molecule has 1 amide bonds. The summed E-state index contributed by atoms with van der Waals surface area (Å²) in [7, 11) is 0. The number of amides is 1. The number of hydrogen-bond donors (Lipinski definition) is 0. The van der Waals surface area contributed by atoms with Crippen LogP contribution in [0.4, 0.5) is 10.1 Å². The van der Waals surface area contributed by atoms with Gasteiger partial charge in [0.05, 0.1) is 5.69 Å². The van der Waals surface area contributed by atoms with Gasteiger partial charge >= 0.3 is 5.97 Å². The van der Waals surface area contributed by atoms with Crippen LogP contribution >= 0.6 is 0 Å². The molecule has 0 aromatic heterocycles. The number of nitrogens with zero attached hydrogens (tertiary/aromatic N) is 2. The van der Waals surface area contributed by atoms with Crippen LogP contribution in [0.1, 0.15) is 43.6 Å². The van der Waals surface area contributed by atoms with Crippen LogP contribution in [0.2, 0.25) is 0 Å². The van der Waals surface area contributed by atoms with E-state index in [2.05, 4.69) is 20.8 Å². The number of hydrogen-bond acceptors (Lipinski definition) is 6. The van der Waals surface area contributed by atoms with Crippen molar-refractivity contribution in [2.45, 2.75) is 33.1 Å². The lowest BCUT2D eigenvalue weighted by Crippen LogP contribution is -2.50. The molecule has 0 atom stereocenters. The molecule has 0 unspecified atom stereocenters. The average Bonchev–Trinajstić information content (AvgIpc) is 2.81. The zero-order valence-electron chi connectivity index (χ0n) is 20.1. The van der Waals surface area contributed by atoms with E-state index in [1.807, 2.05) is 17.0 Å². The largest absolute Gasteiger partial charge is 0.482 e. The van der Waals surface area contributed by atoms with E-state index >= 15 is 0 Å². The standard InChI is InChI=1S/C26H31FN2O5/c1-18(30)19-5-10-23(22(27)15-19)28-11-13-29(14-12-28)24(31)16-34-25(32)17-33-21-8-6-20(7-9-21)26(2,3)4/h5-10,15H,11-14,16-17H2,1-4H3. The van der Waals surface area contributed by atoms with Gasteiger partial charge in [-0.05, 0) is 48.2 Å². The smallest absolute Gasteiger partial charge is 0.344 e. The molecule has 7 nitrogen and oxygen atoms in total. The molecule has 182 valence electrons. The first-order valence-corrected chi connectivity index (χ1v) is 11.3. The third-order valence-corrected chi connectivity index (χ3v) is 5.76. The van der Waals surface area contributed by atoms with Crippen LogP contribution in [0, 0.1) is 5.82 Å². The van der Waals surface area contributed by atoms with Crippen molar-refractivity contribution in [1.29, 1.82) is 0 Å². The third kappa shape index (κ3) is 6.56. The number of piperazine rings is 1. The Labute approximate surface area is 199 Å². The number of carbonyl (C=O) groups is 3. The second kappa shape index (κ2) is 10.7. The van der Waals surface area contributed by atoms with Gasteiger partial charge in [0.25, 0.3) is 5.91 Å². The SMILES string of the molecule is CC(=O)c1ccc(N2CCN(C(=O)COC(=O)COc3ccc(C(C)(C)C)cc3)CC2)c(F)c1. The quantitative estimate of drug-likeness (QED) is 0.455. The van der Waals surface area contributed by atoms with Crippen molar-refractivity contribution in [3.05, 3.63) is 59.4 Å². The molecule has 0 radical (unpaired) electrons. The molecular formula is C26H31FN2O5. The summed E-state index contributed by atoms with van der Waals surface area (Å²) in [6.07, 6.45) is 0. The zero-order valence-corrected chi connectivity index (χ0v) is 20.1. The van der Waals surface area contributed by atoms with Gasteiger partial charge in [-0.1, -0.05) is 32.9 Å². The van der Waals surface area contributed by atoms with Crippen molar-refractivity contribution in [3.8, 4) is 5.75 Å². The lowest BCUT2D eigenvalue weighted by Gasteiger charge is -2.36. The van der Waals surface area contributed by atoms with Gasteiger partial charge in [-0.2, -0.15) is 0 Å². The summed E-state index contributed by atoms with van der Waals surface area (Å²) >= 11 is 0. The molecule has 0 saturated carbocycles. The maximum absolute atomic E-state index is 14.4. The van der Waals surface area contributed by atoms with Gasteiger partial charge < -0.3 is 19.3 Å². The van der Waals surface area contributed by atoms with Crippen molar-refractivity contribution in [3.63, 3.8) is 0 Å². The molecule has 1 aliphatic heterocycles. The average molecular weight is 471 g/mol. The Balaban J connectivity index is 1.41. The first kappa shape index (κ1) is 25.2. The molecule has 2 aromatic rings. The Morgan fingerprint density at radius 2 is 1.59 bits per heavy atom. The predicted molar refractivity (Wildman–Crippen MR) is 127 cm³/mol. The van der Waals surface area contributed by atoms with Crippen LogP contribution in [0.15, 0.2) is 42.5 Å². The van der Waals surface area contributed by atoms with E-state index in [9.17, 15) is 18.8 Å². The fraction of sp³-hybridized carbons (Fsp3) is 0.423. The Bertz CT molecular complexity index is 1040. The highest BCUT2D eigenvalue weighted by molar-refractivity contribution is 5.94. The monoisotopic (exact) mass is 470 g/mol. The van der Waals surface area contributed by atoms with E-state index in [-0.39, 0.29) is 30.3 Å². The molecule has 0 N–H and O–H groups in total. The van der Waals surface area contributed by atoms with Gasteiger partial charge in [0.2, 0.25) is 0 Å². The van der Waals surface area contributed by atoms with Crippen molar-refractivity contribution in [2.24, 2.45) is 0 Å². The molecule has 0 spiro atoms. The van der Waals surface area contributed by atoms with Gasteiger partial charge in [-0.3, -0.25) is 9.59 Å². The molecule has 1 fully saturated rings. The lowest BCUT2D eigenvalue weighted by atomic mass is 9.87. The summed E-state index contributed by atoms with van der Waals surface area (Å²) in [5.41, 5.74) is 1.90. The van der Waals surface area contributed by atoms with E-state index in [0.717, 1.165) is 5.56 Å². The summed E-state index contributed by atoms with van der Waals surface area (Å²) in [6.45, 7) is 8.70. The highest BCUT2D eigenvalue weighted by Gasteiger charge is 2.24. The molecule has 34 heavy (non-hydrogen) atoms. The molecule has 1 heterocycles. The highest BCUT2D eigenvalue weighted by atomic mass is 19.1. The van der Waals surface area contributed by atoms with Gasteiger partial charge in [0.1, 0.15) is 11.6 Å². The first-order valence-electron chi connectivity index (χ1n) is 11.3. The Morgan fingerprint density at radius 1 is 0.941 bits per heavy atom. The predicted octanol–water partition coefficient (Wildman–Crippen LogP) is 3.60. The molecular weight excluding hydrogens is 439 g/mol. The van der Waals surface area contributed by atoms with E-state index in [1.54, 1.807) is 29.2 Å². The normalized spacial score (nSPS) is 14.0. The minimum Gasteiger partial charge on any atom is -0.482 e. The number of esters is 1. The van der Waals surface area contributed by atoms with Gasteiger partial charge in [-0.15, -0.1) is 0 Å². The second-order valence-corrected chi connectivity index (χ2v) is 9.31. The third-order valence-electron chi connectivity index (χ3n) is 5.76. The molecule has 0 aliphatic carbocycles. The van der Waals surface area contributed by atoms with Crippen LogP contribution in [0.5, 0.6) is 5.75 Å². The summed E-state index contributed by atoms with van der Waals surface area (Å²) in [4.78, 5) is 39.2. The van der Waals surface area contributed by atoms with Crippen molar-refractivity contribution < 1.29 is 28.2 Å². The molecule has 0 bridgehead atoms. The molecule has 8 heteroatoms. The van der Waals surface area contributed by atoms with Crippen molar-refractivity contribution in [2.75, 3.05) is 44.3 Å². The highest BCUT2D eigenvalue weighted by Crippen LogP contribution is 2.24. The van der Waals surface area contributed by atoms with E-state index < -0.39 is 11.8 Å². The fourth-order valence-corrected chi connectivity index (χ4v) is 3.65. The summed E-state index contributed by atoms with van der Waals surface area (Å²) in [5, 5.41) is 0. The second-order valence-electron chi connectivity index (χ2n) is 9.31. The van der Waals surface area contributed by atoms with Crippen LogP contribution < -0.4 is 9.64 Å². The number of rotatable bonds is 7. The maximum atomic E-state index is 14.4. The molecule has 2 aromatic carbocycles. The van der Waals surface area contributed by atoms with Gasteiger partial charge in [0, 0.05) is 31.7 Å². The lowest BCUT2D eigenvalue weighted by molar-refractivity contribution is -0.153. The molecule has 1 aliphatic rings. The van der Waals surface area contributed by atoms with E-state index in [1.165, 1.54) is 13.0 Å². The Morgan fingerprint density at radius 3 is 2.15 bits per heavy atom. The fourth-order valence-electron chi connectivity index (χ4n) is 3.65. The Kier molecular flexibility index (Phi) is 7.91. The first-order chi connectivity index (χ1) is 16.0. The zero-order chi connectivity index (χ0) is 24.9. The van der Waals surface area contributed by atoms with Gasteiger partial charge in [-0.25, -0.2) is 9.18 Å². The van der Waals surface area contributed by atoms with E-state index in [4.69, 9.17) is 9.47 Å². The molecule has 3 rings (SSSR count). The minimum atomic E-state index is -0.625. The van der Waals surface area contributed by atoms with Gasteiger partial charge in [0.15, 0.2) is 19.0 Å². The number of ketones is 1. The van der Waals surface area contributed by atoms with Crippen LogP contribution in [0.25, 0.3) is 0 Å². The topological polar surface area (TPSA) is 76.2 Å². The number of Topliss-reactive ketones (excluding diaryl/α,β-unsaturated/α-hetero) is 1. The number of carbonyl (C=O) groups excluding carboxylic acids is 3. The number of benzene rings is 2. The summed E-state index contributed by atoms with van der Waals surface area (Å²) < 4.78 is 24.9. The summed E-state index contributed by atoms with van der Waals surface area (Å²) in [5.74, 6) is -1.04. The molecule has 1 saturated heterocycles. The number of anilines is 1. The van der Waals surface area contributed by atoms with Crippen molar-refractivity contribution >= 4 is 23.3 Å². The summed E-state index contributed by atoms with van der Waals surface area (Å²) in [6, 6.07) is 11.9. The van der Waals surface area contributed by atoms with Crippen LogP contribution in [0.3, 0.4) is 0 Å². The Hall–Kier alpha value is -3.42. The maximum Gasteiger partial charge on any atom is 0.344 e. The van der Waals surface area contributed by atoms with Crippen LogP contribution in [-0.4, -0.2) is 62.0 Å². The van der Waals surface area contributed by atoms with Crippen LogP contribution in [-0.2, 0) is 19.7 Å². The minimum absolute atomic E-state index is 0.0254. The number of halogens is 1. The van der Waals surface area contributed by atoms with Crippen molar-refractivity contribution in [1.82, 2.24) is 4.90 Å². The van der Waals surface area contributed by atoms with E-state index in [0.29, 0.717) is 43.2 Å². The number of ether oxygens (including phenoxy) is 2.